The smallest absolute Gasteiger partial charge is 0.264 e. The largest absolute Gasteiger partial charge is 0.352 e. The van der Waals surface area contributed by atoms with Gasteiger partial charge in [-0.05, 0) is 61.8 Å². The highest BCUT2D eigenvalue weighted by Gasteiger charge is 2.40. The summed E-state index contributed by atoms with van der Waals surface area (Å²) >= 11 is 0. The van der Waals surface area contributed by atoms with Crippen molar-refractivity contribution in [3.63, 3.8) is 0 Å². The summed E-state index contributed by atoms with van der Waals surface area (Å²) in [6, 6.07) is 15.7. The Hall–Kier alpha value is -2.34. The third kappa shape index (κ3) is 3.65. The second-order valence-corrected chi connectivity index (χ2v) is 9.82. The Morgan fingerprint density at radius 2 is 1.75 bits per heavy atom. The quantitative estimate of drug-likeness (QED) is 0.810. The van der Waals surface area contributed by atoms with Gasteiger partial charge in [-0.3, -0.25) is 9.10 Å². The molecule has 1 amide bonds. The zero-order chi connectivity index (χ0) is 19.7. The van der Waals surface area contributed by atoms with Gasteiger partial charge in [0, 0.05) is 6.04 Å². The summed E-state index contributed by atoms with van der Waals surface area (Å²) < 4.78 is 27.9. The molecule has 0 unspecified atom stereocenters. The number of nitrogens with one attached hydrogen (secondary N) is 1. The third-order valence-electron chi connectivity index (χ3n) is 6.09. The van der Waals surface area contributed by atoms with Gasteiger partial charge in [-0.25, -0.2) is 8.42 Å². The number of hydrogen-bond donors (Lipinski definition) is 1. The predicted molar refractivity (Wildman–Crippen MR) is 110 cm³/mol. The Morgan fingerprint density at radius 1 is 1.04 bits per heavy atom. The normalized spacial score (nSPS) is 23.5. The molecule has 0 spiro atoms. The molecule has 28 heavy (non-hydrogen) atoms. The van der Waals surface area contributed by atoms with Gasteiger partial charge in [0.05, 0.1) is 10.6 Å². The topological polar surface area (TPSA) is 66.5 Å². The molecule has 2 aromatic rings. The average Bonchev–Trinajstić information content (AvgIpc) is 3.30. The van der Waals surface area contributed by atoms with E-state index >= 15 is 0 Å². The number of aryl methyl sites for hydroxylation is 1. The number of benzene rings is 2. The average molecular weight is 399 g/mol. The van der Waals surface area contributed by atoms with Crippen LogP contribution in [0.4, 0.5) is 5.69 Å². The van der Waals surface area contributed by atoms with Gasteiger partial charge in [0.1, 0.15) is 6.54 Å². The van der Waals surface area contributed by atoms with Gasteiger partial charge in [-0.1, -0.05) is 42.8 Å². The molecule has 2 bridgehead atoms. The standard InChI is InChI=1S/C22H26N2O3S/c1-16-7-5-6-10-21(16)24(28(26,27)19-8-3-2-4-9-19)15-22(25)23-20-14-17-11-12-18(20)13-17/h2-10,17-18,20H,11-15H2,1H3,(H,23,25)/t17-,18+,20-/m1/s1. The van der Waals surface area contributed by atoms with E-state index in [0.717, 1.165) is 17.9 Å². The molecule has 1 N–H and O–H groups in total. The first-order valence-electron chi connectivity index (χ1n) is 9.88. The number of amides is 1. The summed E-state index contributed by atoms with van der Waals surface area (Å²) in [6.45, 7) is 1.65. The maximum absolute atomic E-state index is 13.3. The zero-order valence-electron chi connectivity index (χ0n) is 16.0. The highest BCUT2D eigenvalue weighted by atomic mass is 32.2. The van der Waals surface area contributed by atoms with Crippen LogP contribution in [-0.2, 0) is 14.8 Å². The molecule has 4 rings (SSSR count). The lowest BCUT2D eigenvalue weighted by molar-refractivity contribution is -0.120. The monoisotopic (exact) mass is 398 g/mol. The highest BCUT2D eigenvalue weighted by Crippen LogP contribution is 2.44. The van der Waals surface area contributed by atoms with Gasteiger partial charge in [0.25, 0.3) is 10.0 Å². The summed E-state index contributed by atoms with van der Waals surface area (Å²) in [5, 5.41) is 3.11. The lowest BCUT2D eigenvalue weighted by Crippen LogP contribution is -2.46. The van der Waals surface area contributed by atoms with Crippen molar-refractivity contribution >= 4 is 21.6 Å². The van der Waals surface area contributed by atoms with Crippen molar-refractivity contribution in [1.82, 2.24) is 5.32 Å². The Morgan fingerprint density at radius 3 is 2.39 bits per heavy atom. The fourth-order valence-electron chi connectivity index (χ4n) is 4.67. The van der Waals surface area contributed by atoms with Crippen molar-refractivity contribution in [2.75, 3.05) is 10.8 Å². The molecule has 3 atom stereocenters. The van der Waals surface area contributed by atoms with E-state index in [2.05, 4.69) is 5.32 Å². The van der Waals surface area contributed by atoms with Crippen molar-refractivity contribution in [1.29, 1.82) is 0 Å². The molecule has 2 aromatic carbocycles. The number of nitrogens with zero attached hydrogens (tertiary/aromatic N) is 1. The van der Waals surface area contributed by atoms with E-state index in [-0.39, 0.29) is 23.4 Å². The van der Waals surface area contributed by atoms with Crippen molar-refractivity contribution in [3.05, 3.63) is 60.2 Å². The van der Waals surface area contributed by atoms with Gasteiger partial charge in [0.2, 0.25) is 5.91 Å². The predicted octanol–water partition coefficient (Wildman–Crippen LogP) is 3.50. The number of para-hydroxylation sites is 1. The van der Waals surface area contributed by atoms with Crippen molar-refractivity contribution in [3.8, 4) is 0 Å². The third-order valence-corrected chi connectivity index (χ3v) is 7.86. The Bertz CT molecular complexity index is 959. The van der Waals surface area contributed by atoms with E-state index in [1.165, 1.54) is 23.6 Å². The van der Waals surface area contributed by atoms with Gasteiger partial charge < -0.3 is 5.32 Å². The maximum atomic E-state index is 13.3. The molecule has 0 aromatic heterocycles. The summed E-state index contributed by atoms with van der Waals surface area (Å²) in [4.78, 5) is 13.0. The minimum atomic E-state index is -3.84. The molecule has 2 fully saturated rings. The number of rotatable bonds is 6. The van der Waals surface area contributed by atoms with Crippen LogP contribution in [0, 0.1) is 18.8 Å². The number of sulfonamides is 1. The summed E-state index contributed by atoms with van der Waals surface area (Å²) in [5.41, 5.74) is 1.35. The van der Waals surface area contributed by atoms with Crippen LogP contribution in [-0.4, -0.2) is 26.9 Å². The molecule has 0 saturated heterocycles. The molecule has 148 valence electrons. The van der Waals surface area contributed by atoms with E-state index in [1.54, 1.807) is 42.5 Å². The number of carbonyl (C=O) groups is 1. The summed E-state index contributed by atoms with van der Waals surface area (Å²) in [6.07, 6.45) is 4.63. The number of fused-ring (bicyclic) bond motifs is 2. The SMILES string of the molecule is Cc1ccccc1N(CC(=O)N[C@@H]1C[C@@H]2CC[C@H]1C2)S(=O)(=O)c1ccccc1. The molecule has 0 radical (unpaired) electrons. The number of anilines is 1. The van der Waals surface area contributed by atoms with Crippen LogP contribution in [0.15, 0.2) is 59.5 Å². The van der Waals surface area contributed by atoms with Crippen molar-refractivity contribution in [2.24, 2.45) is 11.8 Å². The van der Waals surface area contributed by atoms with Gasteiger partial charge in [-0.15, -0.1) is 0 Å². The minimum Gasteiger partial charge on any atom is -0.352 e. The van der Waals surface area contributed by atoms with Gasteiger partial charge in [0.15, 0.2) is 0 Å². The molecular weight excluding hydrogens is 372 g/mol. The van der Waals surface area contributed by atoms with Crippen LogP contribution < -0.4 is 9.62 Å². The molecule has 6 heteroatoms. The van der Waals surface area contributed by atoms with Crippen molar-refractivity contribution in [2.45, 2.75) is 43.5 Å². The van der Waals surface area contributed by atoms with Gasteiger partial charge in [-0.2, -0.15) is 0 Å². The van der Waals surface area contributed by atoms with E-state index < -0.39 is 10.0 Å². The zero-order valence-corrected chi connectivity index (χ0v) is 16.9. The highest BCUT2D eigenvalue weighted by molar-refractivity contribution is 7.92. The van der Waals surface area contributed by atoms with E-state index in [0.29, 0.717) is 11.6 Å². The maximum Gasteiger partial charge on any atom is 0.264 e. The molecular formula is C22H26N2O3S. The van der Waals surface area contributed by atoms with Crippen LogP contribution in [0.3, 0.4) is 0 Å². The number of hydrogen-bond acceptors (Lipinski definition) is 3. The van der Waals surface area contributed by atoms with Crippen LogP contribution in [0.5, 0.6) is 0 Å². The van der Waals surface area contributed by atoms with E-state index in [1.807, 2.05) is 19.1 Å². The van der Waals surface area contributed by atoms with Crippen LogP contribution in [0.25, 0.3) is 0 Å². The van der Waals surface area contributed by atoms with Gasteiger partial charge >= 0.3 is 0 Å². The Labute approximate surface area is 166 Å². The van der Waals surface area contributed by atoms with Crippen LogP contribution in [0.2, 0.25) is 0 Å². The summed E-state index contributed by atoms with van der Waals surface area (Å²) in [5.74, 6) is 1.03. The fraction of sp³-hybridized carbons (Fsp3) is 0.409. The Kier molecular flexibility index (Phi) is 5.15. The van der Waals surface area contributed by atoms with Crippen LogP contribution >= 0.6 is 0 Å². The first-order chi connectivity index (χ1) is 13.4. The lowest BCUT2D eigenvalue weighted by atomic mass is 9.95. The first kappa shape index (κ1) is 19.0. The van der Waals surface area contributed by atoms with E-state index in [9.17, 15) is 13.2 Å². The first-order valence-corrected chi connectivity index (χ1v) is 11.3. The number of carbonyl (C=O) groups excluding carboxylic acids is 1. The lowest BCUT2D eigenvalue weighted by Gasteiger charge is -2.28. The van der Waals surface area contributed by atoms with Crippen molar-refractivity contribution < 1.29 is 13.2 Å². The minimum absolute atomic E-state index is 0.185. The summed E-state index contributed by atoms with van der Waals surface area (Å²) in [7, 11) is -3.84. The second-order valence-electron chi connectivity index (χ2n) is 7.96. The molecule has 5 nitrogen and oxygen atoms in total. The second kappa shape index (κ2) is 7.59. The Balaban J connectivity index is 1.60. The molecule has 2 saturated carbocycles. The van der Waals surface area contributed by atoms with Crippen LogP contribution in [0.1, 0.15) is 31.2 Å². The molecule has 0 aliphatic heterocycles. The molecule has 2 aliphatic rings. The fourth-order valence-corrected chi connectivity index (χ4v) is 6.17. The van der Waals surface area contributed by atoms with E-state index in [4.69, 9.17) is 0 Å². The molecule has 2 aliphatic carbocycles. The molecule has 0 heterocycles.